The summed E-state index contributed by atoms with van der Waals surface area (Å²) in [4.78, 5) is 0. The molecule has 0 aromatic rings. The van der Waals surface area contributed by atoms with E-state index in [4.69, 9.17) is 5.73 Å². The van der Waals surface area contributed by atoms with Gasteiger partial charge in [0, 0.05) is 6.54 Å². The Kier molecular flexibility index (Phi) is 4.76. The maximum atomic E-state index is 14.0. The molecule has 0 saturated heterocycles. The van der Waals surface area contributed by atoms with E-state index in [1.807, 2.05) is 13.8 Å². The quantitative estimate of drug-likeness (QED) is 0.683. The summed E-state index contributed by atoms with van der Waals surface area (Å²) >= 11 is 0. The first-order valence-electron chi connectivity index (χ1n) is 4.85. The van der Waals surface area contributed by atoms with Gasteiger partial charge in [-0.25, -0.2) is 4.39 Å². The van der Waals surface area contributed by atoms with E-state index in [1.165, 1.54) is 0 Å². The Bertz CT molecular complexity index is 125. The van der Waals surface area contributed by atoms with Crippen molar-refractivity contribution < 1.29 is 4.39 Å². The minimum Gasteiger partial charge on any atom is -0.328 e. The van der Waals surface area contributed by atoms with E-state index in [-0.39, 0.29) is 12.5 Å². The predicted molar refractivity (Wildman–Crippen MR) is 51.8 cm³/mol. The first kappa shape index (κ1) is 11.9. The molecule has 0 amide bonds. The van der Waals surface area contributed by atoms with E-state index in [2.05, 4.69) is 13.8 Å². The van der Waals surface area contributed by atoms with Gasteiger partial charge in [0.15, 0.2) is 0 Å². The van der Waals surface area contributed by atoms with Crippen LogP contribution < -0.4 is 5.73 Å². The molecule has 74 valence electrons. The Hall–Kier alpha value is -0.110. The molecule has 0 aromatic heterocycles. The average Bonchev–Trinajstić information content (AvgIpc) is 2.03. The van der Waals surface area contributed by atoms with Crippen molar-refractivity contribution in [3.05, 3.63) is 0 Å². The van der Waals surface area contributed by atoms with E-state index in [0.29, 0.717) is 12.3 Å². The van der Waals surface area contributed by atoms with Crippen LogP contribution in [0.5, 0.6) is 0 Å². The van der Waals surface area contributed by atoms with Gasteiger partial charge in [-0.05, 0) is 18.3 Å². The predicted octanol–water partition coefficient (Wildman–Crippen LogP) is 2.75. The second-order valence-electron chi connectivity index (χ2n) is 4.11. The minimum absolute atomic E-state index is 0.0245. The lowest BCUT2D eigenvalue weighted by atomic mass is 9.83. The van der Waals surface area contributed by atoms with Crippen LogP contribution in [0.4, 0.5) is 4.39 Å². The van der Waals surface area contributed by atoms with Crippen molar-refractivity contribution in [3.63, 3.8) is 0 Å². The Morgan fingerprint density at radius 2 is 1.83 bits per heavy atom. The van der Waals surface area contributed by atoms with Crippen molar-refractivity contribution in [2.24, 2.45) is 17.6 Å². The summed E-state index contributed by atoms with van der Waals surface area (Å²) in [7, 11) is 0. The Labute approximate surface area is 75.5 Å². The summed E-state index contributed by atoms with van der Waals surface area (Å²) < 4.78 is 14.0. The third kappa shape index (κ3) is 3.10. The first-order valence-corrected chi connectivity index (χ1v) is 4.85. The van der Waals surface area contributed by atoms with Crippen LogP contribution >= 0.6 is 0 Å². The van der Waals surface area contributed by atoms with E-state index in [0.717, 1.165) is 6.42 Å². The van der Waals surface area contributed by atoms with Crippen molar-refractivity contribution in [2.45, 2.75) is 46.2 Å². The fourth-order valence-electron chi connectivity index (χ4n) is 1.28. The van der Waals surface area contributed by atoms with Gasteiger partial charge in [-0.2, -0.15) is 0 Å². The van der Waals surface area contributed by atoms with E-state index in [1.54, 1.807) is 0 Å². The van der Waals surface area contributed by atoms with Crippen LogP contribution in [-0.2, 0) is 0 Å². The van der Waals surface area contributed by atoms with Crippen molar-refractivity contribution in [1.82, 2.24) is 0 Å². The molecule has 0 heterocycles. The second-order valence-corrected chi connectivity index (χ2v) is 4.11. The van der Waals surface area contributed by atoms with Crippen LogP contribution in [0.2, 0.25) is 0 Å². The van der Waals surface area contributed by atoms with Gasteiger partial charge in [0.2, 0.25) is 0 Å². The SMILES string of the molecule is CCC(C)CC(F)(CN)C(C)C. The summed E-state index contributed by atoms with van der Waals surface area (Å²) in [6.45, 7) is 8.10. The number of nitrogens with two attached hydrogens (primary N) is 1. The highest BCUT2D eigenvalue weighted by Gasteiger charge is 2.33. The minimum atomic E-state index is -1.16. The summed E-state index contributed by atoms with van der Waals surface area (Å²) in [5.41, 5.74) is 4.28. The zero-order valence-corrected chi connectivity index (χ0v) is 8.73. The molecule has 0 spiro atoms. The first-order chi connectivity index (χ1) is 5.46. The monoisotopic (exact) mass is 175 g/mol. The van der Waals surface area contributed by atoms with E-state index >= 15 is 0 Å². The molecule has 1 nitrogen and oxygen atoms in total. The van der Waals surface area contributed by atoms with Gasteiger partial charge < -0.3 is 5.73 Å². The number of alkyl halides is 1. The highest BCUT2D eigenvalue weighted by Crippen LogP contribution is 2.29. The Morgan fingerprint density at radius 1 is 1.33 bits per heavy atom. The molecule has 0 rings (SSSR count). The largest absolute Gasteiger partial charge is 0.328 e. The van der Waals surface area contributed by atoms with Gasteiger partial charge in [-0.1, -0.05) is 34.1 Å². The lowest BCUT2D eigenvalue weighted by Crippen LogP contribution is -2.39. The van der Waals surface area contributed by atoms with E-state index < -0.39 is 5.67 Å². The lowest BCUT2D eigenvalue weighted by Gasteiger charge is -2.30. The Morgan fingerprint density at radius 3 is 2.08 bits per heavy atom. The normalized spacial score (nSPS) is 19.2. The molecule has 2 atom stereocenters. The molecule has 0 aliphatic rings. The summed E-state index contributed by atoms with van der Waals surface area (Å²) in [5, 5.41) is 0. The maximum absolute atomic E-state index is 14.0. The molecule has 0 aliphatic carbocycles. The molecular weight excluding hydrogens is 153 g/mol. The lowest BCUT2D eigenvalue weighted by molar-refractivity contribution is 0.0795. The van der Waals surface area contributed by atoms with Crippen molar-refractivity contribution in [3.8, 4) is 0 Å². The van der Waals surface area contributed by atoms with Gasteiger partial charge in [0.1, 0.15) is 5.67 Å². The molecule has 0 radical (unpaired) electrons. The maximum Gasteiger partial charge on any atom is 0.125 e. The van der Waals surface area contributed by atoms with Gasteiger partial charge in [-0.15, -0.1) is 0 Å². The summed E-state index contributed by atoms with van der Waals surface area (Å²) in [6, 6.07) is 0. The molecule has 0 bridgehead atoms. The molecule has 2 N–H and O–H groups in total. The molecular formula is C10H22FN. The van der Waals surface area contributed by atoms with E-state index in [9.17, 15) is 4.39 Å². The fraction of sp³-hybridized carbons (Fsp3) is 1.00. The highest BCUT2D eigenvalue weighted by atomic mass is 19.1. The number of halogens is 1. The number of rotatable bonds is 5. The van der Waals surface area contributed by atoms with Gasteiger partial charge in [0.25, 0.3) is 0 Å². The fourth-order valence-corrected chi connectivity index (χ4v) is 1.28. The summed E-state index contributed by atoms with van der Waals surface area (Å²) in [6.07, 6.45) is 1.62. The van der Waals surface area contributed by atoms with Crippen LogP contribution in [0.1, 0.15) is 40.5 Å². The zero-order valence-electron chi connectivity index (χ0n) is 8.73. The molecule has 0 aromatic carbocycles. The van der Waals surface area contributed by atoms with Crippen LogP contribution in [0.25, 0.3) is 0 Å². The highest BCUT2D eigenvalue weighted by molar-refractivity contribution is 4.84. The van der Waals surface area contributed by atoms with Crippen LogP contribution in [0, 0.1) is 11.8 Å². The smallest absolute Gasteiger partial charge is 0.125 e. The topological polar surface area (TPSA) is 26.0 Å². The molecule has 0 fully saturated rings. The number of hydrogen-bond donors (Lipinski definition) is 1. The van der Waals surface area contributed by atoms with Crippen molar-refractivity contribution in [1.29, 1.82) is 0 Å². The molecule has 2 unspecified atom stereocenters. The Balaban J connectivity index is 4.14. The second kappa shape index (κ2) is 4.80. The molecule has 2 heteroatoms. The standard InChI is InChI=1S/C10H22FN/c1-5-9(4)6-10(11,7-12)8(2)3/h8-9H,5-7,12H2,1-4H3. The average molecular weight is 175 g/mol. The van der Waals surface area contributed by atoms with Crippen molar-refractivity contribution >= 4 is 0 Å². The van der Waals surface area contributed by atoms with Crippen LogP contribution in [0.3, 0.4) is 0 Å². The third-order valence-electron chi connectivity index (χ3n) is 2.76. The summed E-state index contributed by atoms with van der Waals surface area (Å²) in [5.74, 6) is 0.456. The zero-order chi connectivity index (χ0) is 9.78. The van der Waals surface area contributed by atoms with Crippen LogP contribution in [-0.4, -0.2) is 12.2 Å². The van der Waals surface area contributed by atoms with Gasteiger partial charge in [0.05, 0.1) is 0 Å². The third-order valence-corrected chi connectivity index (χ3v) is 2.76. The van der Waals surface area contributed by atoms with Crippen molar-refractivity contribution in [2.75, 3.05) is 6.54 Å². The number of hydrogen-bond acceptors (Lipinski definition) is 1. The van der Waals surface area contributed by atoms with Gasteiger partial charge >= 0.3 is 0 Å². The molecule has 0 aliphatic heterocycles. The van der Waals surface area contributed by atoms with Crippen LogP contribution in [0.15, 0.2) is 0 Å². The molecule has 12 heavy (non-hydrogen) atoms. The molecule has 0 saturated carbocycles. The van der Waals surface area contributed by atoms with Gasteiger partial charge in [-0.3, -0.25) is 0 Å².